The minimum absolute atomic E-state index is 0.00355. The summed E-state index contributed by atoms with van der Waals surface area (Å²) in [6.07, 6.45) is 1.80. The molecule has 9 nitrogen and oxygen atoms in total. The van der Waals surface area contributed by atoms with Crippen molar-refractivity contribution >= 4 is 51.0 Å². The van der Waals surface area contributed by atoms with E-state index in [0.717, 1.165) is 71.0 Å². The Kier molecular flexibility index (Phi) is 10.8. The molecule has 0 bridgehead atoms. The molecule has 15 heteroatoms. The number of carbonyl (C=O) groups excluding carboxylic acids is 2. The van der Waals surface area contributed by atoms with E-state index in [1.165, 1.54) is 37.4 Å². The van der Waals surface area contributed by atoms with Gasteiger partial charge in [0.2, 0.25) is 0 Å². The van der Waals surface area contributed by atoms with Crippen LogP contribution in [0.4, 0.5) is 37.8 Å². The van der Waals surface area contributed by atoms with Crippen molar-refractivity contribution in [3.8, 4) is 0 Å². The van der Waals surface area contributed by atoms with E-state index in [4.69, 9.17) is 0 Å². The number of carboxylic acids is 1. The number of carboxylic acid groups (broad SMARTS) is 1. The summed E-state index contributed by atoms with van der Waals surface area (Å²) < 4.78 is 80.4. The molecule has 0 aliphatic heterocycles. The molecule has 0 unspecified atom stereocenters. The van der Waals surface area contributed by atoms with Gasteiger partial charge in [0.1, 0.15) is 0 Å². The Hall–Kier alpha value is -6.77. The van der Waals surface area contributed by atoms with Gasteiger partial charge in [0.05, 0.1) is 28.1 Å². The Balaban J connectivity index is 0.000000171. The number of ketones is 1. The summed E-state index contributed by atoms with van der Waals surface area (Å²) in [7, 11) is 0. The van der Waals surface area contributed by atoms with E-state index < -0.39 is 35.6 Å². The van der Waals surface area contributed by atoms with Gasteiger partial charge < -0.3 is 14.7 Å². The molecule has 4 heterocycles. The molecule has 0 saturated heterocycles. The first-order valence-electron chi connectivity index (χ1n) is 19.5. The highest BCUT2D eigenvalue weighted by atomic mass is 19.4. The number of pyridine rings is 2. The van der Waals surface area contributed by atoms with Crippen molar-refractivity contribution in [1.29, 1.82) is 0 Å². The lowest BCUT2D eigenvalue weighted by Gasteiger charge is -2.25. The molecule has 2 saturated carbocycles. The smallest absolute Gasteiger partial charge is 0.472 e. The quantitative estimate of drug-likeness (QED) is 0.105. The van der Waals surface area contributed by atoms with Gasteiger partial charge in [-0.3, -0.25) is 19.5 Å². The Bertz CT molecular complexity index is 2800. The third kappa shape index (κ3) is 9.05. The lowest BCUT2D eigenvalue weighted by molar-refractivity contribution is -0.169. The summed E-state index contributed by atoms with van der Waals surface area (Å²) in [5, 5.41) is 11.3. The fourth-order valence-electron chi connectivity index (χ4n) is 7.36. The predicted octanol–water partition coefficient (Wildman–Crippen LogP) is 11.1. The highest BCUT2D eigenvalue weighted by molar-refractivity contribution is 6.09. The molecule has 0 radical (unpaired) electrons. The maximum absolute atomic E-state index is 13.4. The van der Waals surface area contributed by atoms with Crippen LogP contribution in [0.2, 0.25) is 0 Å². The number of fused-ring (bicyclic) bond motifs is 2. The minimum Gasteiger partial charge on any atom is -0.478 e. The summed E-state index contributed by atoms with van der Waals surface area (Å²) >= 11 is 0. The van der Waals surface area contributed by atoms with E-state index in [-0.39, 0.29) is 28.6 Å². The van der Waals surface area contributed by atoms with Crippen LogP contribution in [0.1, 0.15) is 98.7 Å². The zero-order valence-electron chi connectivity index (χ0n) is 32.5. The molecule has 3 aromatic carbocycles. The van der Waals surface area contributed by atoms with Crippen molar-refractivity contribution in [3.63, 3.8) is 0 Å². The standard InChI is InChI=1S/C26H21F3N2O2.C20H16F3N3O2/c27-26(28,29)21-6-1-16(2-7-21)15-31-10-9-19-11-17(3-8-24(19)31)12-23-22(25(32)33)13-20(14-30-23)18-4-5-18;1-11(27)16-9-14(12-2-3-12)10-25-18(16)26(19(28)20(21,22)23)15-4-5-17-13(8-15)6-7-24-17/h1-3,6-11,13-14,18H,4-5,12,15H2,(H,32,33);4-10,12,24H,2-3H2,1H3. The van der Waals surface area contributed by atoms with Gasteiger partial charge in [-0.2, -0.15) is 26.3 Å². The number of nitrogens with zero attached hydrogens (tertiary/aromatic N) is 4. The van der Waals surface area contributed by atoms with Crippen LogP contribution < -0.4 is 4.90 Å². The van der Waals surface area contributed by atoms with Crippen LogP contribution >= 0.6 is 0 Å². The molecule has 7 aromatic rings. The molecule has 2 fully saturated rings. The number of benzene rings is 3. The van der Waals surface area contributed by atoms with Crippen molar-refractivity contribution in [2.45, 2.75) is 69.8 Å². The summed E-state index contributed by atoms with van der Waals surface area (Å²) in [5.74, 6) is -3.13. The molecular formula is C46H37F6N5O4. The molecule has 4 aromatic heterocycles. The van der Waals surface area contributed by atoms with E-state index in [1.807, 2.05) is 35.0 Å². The fourth-order valence-corrected chi connectivity index (χ4v) is 7.36. The minimum atomic E-state index is -5.13. The topological polar surface area (TPSA) is 121 Å². The van der Waals surface area contributed by atoms with Crippen LogP contribution in [0.25, 0.3) is 21.8 Å². The van der Waals surface area contributed by atoms with Gasteiger partial charge in [0.25, 0.3) is 0 Å². The first kappa shape index (κ1) is 41.0. The molecule has 0 atom stereocenters. The van der Waals surface area contributed by atoms with Crippen LogP contribution in [0.3, 0.4) is 0 Å². The van der Waals surface area contributed by atoms with Crippen molar-refractivity contribution in [2.75, 3.05) is 4.90 Å². The van der Waals surface area contributed by atoms with E-state index >= 15 is 0 Å². The Labute approximate surface area is 344 Å². The van der Waals surface area contributed by atoms with Gasteiger partial charge in [-0.05, 0) is 139 Å². The Morgan fingerprint density at radius 1 is 0.770 bits per heavy atom. The van der Waals surface area contributed by atoms with Crippen LogP contribution in [0.5, 0.6) is 0 Å². The lowest BCUT2D eigenvalue weighted by Crippen LogP contribution is -2.39. The number of anilines is 2. The van der Waals surface area contributed by atoms with Crippen LogP contribution in [-0.4, -0.2) is 48.5 Å². The van der Waals surface area contributed by atoms with Gasteiger partial charge in [-0.1, -0.05) is 18.2 Å². The van der Waals surface area contributed by atoms with E-state index in [2.05, 4.69) is 15.0 Å². The van der Waals surface area contributed by atoms with E-state index in [0.29, 0.717) is 40.4 Å². The zero-order chi connectivity index (χ0) is 43.2. The van der Waals surface area contributed by atoms with Gasteiger partial charge >= 0.3 is 24.2 Å². The molecule has 2 N–H and O–H groups in total. The van der Waals surface area contributed by atoms with E-state index in [1.54, 1.807) is 36.7 Å². The van der Waals surface area contributed by atoms with Gasteiger partial charge in [-0.25, -0.2) is 9.78 Å². The second kappa shape index (κ2) is 16.0. The molecule has 2 aliphatic carbocycles. The molecule has 312 valence electrons. The second-order valence-corrected chi connectivity index (χ2v) is 15.4. The largest absolute Gasteiger partial charge is 0.478 e. The number of halogens is 6. The highest BCUT2D eigenvalue weighted by Gasteiger charge is 2.45. The summed E-state index contributed by atoms with van der Waals surface area (Å²) in [6.45, 7) is 1.71. The maximum atomic E-state index is 13.4. The first-order valence-corrected chi connectivity index (χ1v) is 19.5. The predicted molar refractivity (Wildman–Crippen MR) is 216 cm³/mol. The molecule has 0 spiro atoms. The van der Waals surface area contributed by atoms with Crippen molar-refractivity contribution in [1.82, 2.24) is 19.5 Å². The molecule has 1 amide bonds. The molecular weight excluding hydrogens is 801 g/mol. The first-order chi connectivity index (χ1) is 29.0. The third-order valence-electron chi connectivity index (χ3n) is 10.9. The number of alkyl halides is 6. The van der Waals surface area contributed by atoms with Crippen molar-refractivity contribution in [2.24, 2.45) is 0 Å². The second-order valence-electron chi connectivity index (χ2n) is 15.4. The van der Waals surface area contributed by atoms with Crippen molar-refractivity contribution < 1.29 is 45.8 Å². The fraction of sp³-hybridized carbons (Fsp3) is 0.239. The SMILES string of the molecule is CC(=O)c1cc(C2CC2)cnc1N(C(=O)C(F)(F)F)c1ccc2[nH]ccc2c1.O=C(O)c1cc(C2CC2)cnc1Cc1ccc2c(ccn2Cc2ccc(C(F)(F)F)cc2)c1. The average Bonchev–Trinajstić information content (AvgIpc) is 4.16. The number of aromatic carboxylic acids is 1. The van der Waals surface area contributed by atoms with Crippen LogP contribution in [0.15, 0.2) is 110 Å². The molecule has 9 rings (SSSR count). The number of aromatic amines is 1. The molecule has 2 aliphatic rings. The van der Waals surface area contributed by atoms with Gasteiger partial charge in [0.15, 0.2) is 11.6 Å². The summed E-state index contributed by atoms with van der Waals surface area (Å²) in [4.78, 5) is 48.2. The number of hydrogen-bond donors (Lipinski definition) is 2. The zero-order valence-corrected chi connectivity index (χ0v) is 32.5. The normalized spacial score (nSPS) is 14.1. The number of hydrogen-bond acceptors (Lipinski definition) is 5. The Morgan fingerprint density at radius 2 is 1.43 bits per heavy atom. The number of H-pyrrole nitrogens is 1. The van der Waals surface area contributed by atoms with Gasteiger partial charge in [-0.15, -0.1) is 0 Å². The average molecular weight is 838 g/mol. The number of amides is 1. The number of Topliss-reactive ketones (excluding diaryl/α,β-unsaturated/α-hetero) is 1. The number of nitrogens with one attached hydrogen (secondary N) is 1. The summed E-state index contributed by atoms with van der Waals surface area (Å²) in [6, 6.07) is 22.4. The van der Waals surface area contributed by atoms with Crippen LogP contribution in [-0.2, 0) is 23.9 Å². The van der Waals surface area contributed by atoms with Gasteiger partial charge in [0, 0.05) is 54.2 Å². The number of aromatic nitrogens is 4. The third-order valence-corrected chi connectivity index (χ3v) is 10.9. The molecule has 61 heavy (non-hydrogen) atoms. The Morgan fingerprint density at radius 3 is 2.05 bits per heavy atom. The lowest BCUT2D eigenvalue weighted by atomic mass is 10.0. The summed E-state index contributed by atoms with van der Waals surface area (Å²) in [5.41, 5.74) is 5.30. The number of carbonyl (C=O) groups is 3. The maximum Gasteiger partial charge on any atom is 0.472 e. The highest BCUT2D eigenvalue weighted by Crippen LogP contribution is 2.42. The van der Waals surface area contributed by atoms with Crippen molar-refractivity contribution in [3.05, 3.63) is 154 Å². The van der Waals surface area contributed by atoms with E-state index in [9.17, 15) is 45.8 Å². The van der Waals surface area contributed by atoms with Crippen LogP contribution in [0, 0.1) is 0 Å². The number of rotatable bonds is 10. The monoisotopic (exact) mass is 837 g/mol.